The molecule has 1 aromatic carbocycles. The highest BCUT2D eigenvalue weighted by Gasteiger charge is 2.12. The van der Waals surface area contributed by atoms with Gasteiger partial charge in [0.1, 0.15) is 5.82 Å². The van der Waals surface area contributed by atoms with Crippen LogP contribution in [0, 0.1) is 0 Å². The quantitative estimate of drug-likeness (QED) is 0.788. The lowest BCUT2D eigenvalue weighted by Crippen LogP contribution is -2.10. The number of halogens is 1. The molecular weight excluding hydrogens is 268 g/mol. The lowest BCUT2D eigenvalue weighted by atomic mass is 9.90. The van der Waals surface area contributed by atoms with Crippen molar-refractivity contribution in [1.82, 2.24) is 4.98 Å². The van der Waals surface area contributed by atoms with Gasteiger partial charge in [0, 0.05) is 25.3 Å². The summed E-state index contributed by atoms with van der Waals surface area (Å²) in [5.41, 5.74) is 3.71. The van der Waals surface area contributed by atoms with Crippen LogP contribution in [0.2, 0.25) is 5.02 Å². The summed E-state index contributed by atoms with van der Waals surface area (Å²) in [6.45, 7) is 4.46. The lowest BCUT2D eigenvalue weighted by Gasteiger charge is -2.17. The summed E-state index contributed by atoms with van der Waals surface area (Å²) < 4.78 is 0. The Morgan fingerprint density at radius 3 is 2.60 bits per heavy atom. The van der Waals surface area contributed by atoms with E-state index in [4.69, 9.17) is 11.6 Å². The van der Waals surface area contributed by atoms with Gasteiger partial charge in [0.05, 0.1) is 0 Å². The van der Waals surface area contributed by atoms with Crippen LogP contribution in [0.4, 0.5) is 5.82 Å². The van der Waals surface area contributed by atoms with Crippen LogP contribution in [-0.4, -0.2) is 19.1 Å². The molecule has 0 radical (unpaired) electrons. The molecule has 1 aromatic heterocycles. The fourth-order valence-electron chi connectivity index (χ4n) is 2.26. The molecule has 1 atom stereocenters. The van der Waals surface area contributed by atoms with Gasteiger partial charge in [0.25, 0.3) is 0 Å². The highest BCUT2D eigenvalue weighted by atomic mass is 35.5. The zero-order valence-corrected chi connectivity index (χ0v) is 13.3. The Morgan fingerprint density at radius 2 is 1.95 bits per heavy atom. The first-order valence-electron chi connectivity index (χ1n) is 6.96. The second-order valence-corrected chi connectivity index (χ2v) is 5.77. The first kappa shape index (κ1) is 14.9. The van der Waals surface area contributed by atoms with Gasteiger partial charge in [-0.25, -0.2) is 4.98 Å². The zero-order valence-electron chi connectivity index (χ0n) is 12.5. The van der Waals surface area contributed by atoms with Gasteiger partial charge < -0.3 is 4.90 Å². The van der Waals surface area contributed by atoms with E-state index < -0.39 is 0 Å². The van der Waals surface area contributed by atoms with E-state index in [1.165, 1.54) is 16.7 Å². The van der Waals surface area contributed by atoms with Crippen LogP contribution in [0.5, 0.6) is 0 Å². The molecular formula is C17H21ClN2. The van der Waals surface area contributed by atoms with Gasteiger partial charge in [0.15, 0.2) is 0 Å². The Kier molecular flexibility index (Phi) is 4.66. The molecule has 0 aliphatic rings. The Morgan fingerprint density at radius 1 is 1.20 bits per heavy atom. The molecule has 3 heteroatoms. The van der Waals surface area contributed by atoms with Crippen molar-refractivity contribution in [1.29, 1.82) is 0 Å². The first-order valence-corrected chi connectivity index (χ1v) is 7.34. The minimum Gasteiger partial charge on any atom is -0.363 e. The Hall–Kier alpha value is -1.54. The van der Waals surface area contributed by atoms with Crippen molar-refractivity contribution in [2.75, 3.05) is 19.0 Å². The number of anilines is 1. The van der Waals surface area contributed by atoms with E-state index in [1.54, 1.807) is 0 Å². The summed E-state index contributed by atoms with van der Waals surface area (Å²) in [4.78, 5) is 6.39. The summed E-state index contributed by atoms with van der Waals surface area (Å²) in [7, 11) is 4.00. The first-order chi connectivity index (χ1) is 9.52. The molecule has 0 aliphatic carbocycles. The van der Waals surface area contributed by atoms with Gasteiger partial charge in [-0.3, -0.25) is 0 Å². The summed E-state index contributed by atoms with van der Waals surface area (Å²) in [5.74, 6) is 1.47. The van der Waals surface area contributed by atoms with Crippen LogP contribution in [0.25, 0.3) is 11.1 Å². The van der Waals surface area contributed by atoms with Crippen LogP contribution in [0.15, 0.2) is 36.5 Å². The number of hydrogen-bond acceptors (Lipinski definition) is 2. The van der Waals surface area contributed by atoms with E-state index >= 15 is 0 Å². The average molecular weight is 289 g/mol. The number of hydrogen-bond donors (Lipinski definition) is 0. The molecule has 0 saturated heterocycles. The highest BCUT2D eigenvalue weighted by Crippen LogP contribution is 2.33. The fourth-order valence-corrected chi connectivity index (χ4v) is 2.43. The van der Waals surface area contributed by atoms with E-state index in [1.807, 2.05) is 37.3 Å². The molecule has 106 valence electrons. The van der Waals surface area contributed by atoms with Gasteiger partial charge in [0.2, 0.25) is 0 Å². The molecule has 0 aliphatic heterocycles. The van der Waals surface area contributed by atoms with E-state index in [0.29, 0.717) is 5.92 Å². The van der Waals surface area contributed by atoms with Crippen LogP contribution in [0.3, 0.4) is 0 Å². The van der Waals surface area contributed by atoms with Gasteiger partial charge in [-0.1, -0.05) is 31.5 Å². The Balaban J connectivity index is 2.56. The maximum Gasteiger partial charge on any atom is 0.128 e. The fraction of sp³-hybridized carbons (Fsp3) is 0.353. The lowest BCUT2D eigenvalue weighted by molar-refractivity contribution is 0.735. The summed E-state index contributed by atoms with van der Waals surface area (Å²) in [6, 6.07) is 10.3. The molecule has 0 saturated carbocycles. The molecule has 2 rings (SSSR count). The third-order valence-electron chi connectivity index (χ3n) is 3.67. The maximum atomic E-state index is 6.19. The van der Waals surface area contributed by atoms with Crippen molar-refractivity contribution in [2.24, 2.45) is 0 Å². The molecule has 20 heavy (non-hydrogen) atoms. The molecule has 0 spiro atoms. The largest absolute Gasteiger partial charge is 0.363 e. The predicted octanol–water partition coefficient (Wildman–Crippen LogP) is 4.98. The SMILES string of the molecule is CCC(C)c1ccc(Cl)cc1-c1ccnc(N(C)C)c1. The molecule has 0 bridgehead atoms. The van der Waals surface area contributed by atoms with Crippen molar-refractivity contribution < 1.29 is 0 Å². The van der Waals surface area contributed by atoms with Crippen LogP contribution in [-0.2, 0) is 0 Å². The average Bonchev–Trinajstić information content (AvgIpc) is 2.46. The van der Waals surface area contributed by atoms with E-state index in [9.17, 15) is 0 Å². The molecule has 2 aromatic rings. The molecule has 0 N–H and O–H groups in total. The monoisotopic (exact) mass is 288 g/mol. The second-order valence-electron chi connectivity index (χ2n) is 5.34. The minimum atomic E-state index is 0.512. The van der Waals surface area contributed by atoms with Crippen LogP contribution in [0.1, 0.15) is 31.7 Å². The summed E-state index contributed by atoms with van der Waals surface area (Å²) in [5, 5.41) is 0.773. The van der Waals surface area contributed by atoms with Gasteiger partial charge in [-0.2, -0.15) is 0 Å². The molecule has 2 nitrogen and oxygen atoms in total. The van der Waals surface area contributed by atoms with Gasteiger partial charge in [-0.15, -0.1) is 0 Å². The smallest absolute Gasteiger partial charge is 0.128 e. The van der Waals surface area contributed by atoms with E-state index in [-0.39, 0.29) is 0 Å². The van der Waals surface area contributed by atoms with Crippen molar-refractivity contribution in [3.63, 3.8) is 0 Å². The highest BCUT2D eigenvalue weighted by molar-refractivity contribution is 6.30. The number of aromatic nitrogens is 1. The topological polar surface area (TPSA) is 16.1 Å². The van der Waals surface area contributed by atoms with Gasteiger partial charge in [-0.05, 0) is 53.3 Å². The predicted molar refractivity (Wildman–Crippen MR) is 87.7 cm³/mol. The summed E-state index contributed by atoms with van der Waals surface area (Å²) >= 11 is 6.19. The molecule has 0 amide bonds. The third-order valence-corrected chi connectivity index (χ3v) is 3.91. The number of nitrogens with zero attached hydrogens (tertiary/aromatic N) is 2. The number of rotatable bonds is 4. The second kappa shape index (κ2) is 6.27. The van der Waals surface area contributed by atoms with Crippen molar-refractivity contribution in [2.45, 2.75) is 26.2 Å². The van der Waals surface area contributed by atoms with Gasteiger partial charge >= 0.3 is 0 Å². The minimum absolute atomic E-state index is 0.512. The van der Waals surface area contributed by atoms with E-state index in [2.05, 4.69) is 37.0 Å². The zero-order chi connectivity index (χ0) is 14.7. The summed E-state index contributed by atoms with van der Waals surface area (Å²) in [6.07, 6.45) is 2.96. The Labute approximate surface area is 126 Å². The standard InChI is InChI=1S/C17H21ClN2/c1-5-12(2)15-7-6-14(18)11-16(15)13-8-9-19-17(10-13)20(3)4/h6-12H,5H2,1-4H3. The van der Waals surface area contributed by atoms with Crippen molar-refractivity contribution >= 4 is 17.4 Å². The van der Waals surface area contributed by atoms with Crippen LogP contribution < -0.4 is 4.90 Å². The van der Waals surface area contributed by atoms with Crippen molar-refractivity contribution in [3.05, 3.63) is 47.1 Å². The molecule has 0 fully saturated rings. The Bertz CT molecular complexity index is 593. The van der Waals surface area contributed by atoms with Crippen LogP contribution >= 0.6 is 11.6 Å². The maximum absolute atomic E-state index is 6.19. The third kappa shape index (κ3) is 3.13. The number of benzene rings is 1. The molecule has 1 unspecified atom stereocenters. The molecule has 1 heterocycles. The van der Waals surface area contributed by atoms with E-state index in [0.717, 1.165) is 17.3 Å². The van der Waals surface area contributed by atoms with Crippen molar-refractivity contribution in [3.8, 4) is 11.1 Å². The normalized spacial score (nSPS) is 12.2. The number of pyridine rings is 1.